The molecule has 0 radical (unpaired) electrons. The number of carbonyl (C=O) groups is 2. The van der Waals surface area contributed by atoms with Gasteiger partial charge in [0, 0.05) is 51.9 Å². The van der Waals surface area contributed by atoms with Crippen molar-refractivity contribution < 1.29 is 19.1 Å². The summed E-state index contributed by atoms with van der Waals surface area (Å²) in [6.45, 7) is 2.98. The number of aromatic nitrogens is 1. The highest BCUT2D eigenvalue weighted by Crippen LogP contribution is 2.31. The highest BCUT2D eigenvalue weighted by Gasteiger charge is 2.40. The molecular weight excluding hydrogens is 322 g/mol. The summed E-state index contributed by atoms with van der Waals surface area (Å²) in [4.78, 5) is 32.0. The van der Waals surface area contributed by atoms with Crippen LogP contribution in [0.4, 0.5) is 0 Å². The lowest BCUT2D eigenvalue weighted by atomic mass is 10.0. The van der Waals surface area contributed by atoms with Crippen LogP contribution in [0.3, 0.4) is 0 Å². The van der Waals surface area contributed by atoms with E-state index in [1.807, 2.05) is 12.1 Å². The van der Waals surface area contributed by atoms with Crippen molar-refractivity contribution in [2.75, 3.05) is 39.9 Å². The summed E-state index contributed by atoms with van der Waals surface area (Å²) in [7, 11) is 1.74. The van der Waals surface area contributed by atoms with Gasteiger partial charge in [-0.2, -0.15) is 0 Å². The lowest BCUT2D eigenvalue weighted by molar-refractivity contribution is -0.187. The topological polar surface area (TPSA) is 72.0 Å². The Morgan fingerprint density at radius 3 is 2.48 bits per heavy atom. The van der Waals surface area contributed by atoms with E-state index >= 15 is 0 Å². The lowest BCUT2D eigenvalue weighted by Gasteiger charge is -2.37. The maximum absolute atomic E-state index is 12.4. The van der Waals surface area contributed by atoms with Crippen LogP contribution in [-0.4, -0.2) is 72.3 Å². The normalized spacial score (nSPS) is 19.2. The molecular formula is C18H25N3O4. The smallest absolute Gasteiger partial charge is 0.232 e. The highest BCUT2D eigenvalue weighted by atomic mass is 16.7. The molecule has 1 aromatic rings. The molecule has 2 aliphatic heterocycles. The third-order valence-electron chi connectivity index (χ3n) is 4.90. The van der Waals surface area contributed by atoms with Crippen LogP contribution in [0.25, 0.3) is 0 Å². The molecule has 0 unspecified atom stereocenters. The van der Waals surface area contributed by atoms with Crippen molar-refractivity contribution >= 4 is 11.8 Å². The first kappa shape index (κ1) is 17.8. The Bertz CT molecular complexity index is 592. The molecule has 7 heteroatoms. The SMILES string of the molecule is CN(CCc1ccncc1)C(=O)CC(=O)N1CCC2(CC1)OCCO2. The van der Waals surface area contributed by atoms with E-state index in [9.17, 15) is 9.59 Å². The number of ether oxygens (including phenoxy) is 2. The molecule has 0 saturated carbocycles. The second kappa shape index (κ2) is 7.93. The van der Waals surface area contributed by atoms with Crippen LogP contribution in [0, 0.1) is 0 Å². The van der Waals surface area contributed by atoms with E-state index < -0.39 is 5.79 Å². The van der Waals surface area contributed by atoms with Gasteiger partial charge >= 0.3 is 0 Å². The highest BCUT2D eigenvalue weighted by molar-refractivity contribution is 5.96. The number of nitrogens with zero attached hydrogens (tertiary/aromatic N) is 3. The van der Waals surface area contributed by atoms with E-state index in [2.05, 4.69) is 4.98 Å². The summed E-state index contributed by atoms with van der Waals surface area (Å²) in [6, 6.07) is 3.86. The number of rotatable bonds is 5. The zero-order valence-electron chi connectivity index (χ0n) is 14.6. The van der Waals surface area contributed by atoms with E-state index in [0.717, 1.165) is 12.0 Å². The maximum Gasteiger partial charge on any atom is 0.232 e. The fourth-order valence-electron chi connectivity index (χ4n) is 3.23. The van der Waals surface area contributed by atoms with Gasteiger partial charge in [-0.25, -0.2) is 0 Å². The molecule has 2 fully saturated rings. The monoisotopic (exact) mass is 347 g/mol. The van der Waals surface area contributed by atoms with E-state index in [1.165, 1.54) is 0 Å². The molecule has 2 saturated heterocycles. The molecule has 3 rings (SSSR count). The number of pyridine rings is 1. The molecule has 3 heterocycles. The fraction of sp³-hybridized carbons (Fsp3) is 0.611. The number of likely N-dealkylation sites (tertiary alicyclic amines) is 1. The van der Waals surface area contributed by atoms with Crippen molar-refractivity contribution in [3.05, 3.63) is 30.1 Å². The predicted octanol–water partition coefficient (Wildman–Crippen LogP) is 0.838. The van der Waals surface area contributed by atoms with Crippen LogP contribution in [0.15, 0.2) is 24.5 Å². The van der Waals surface area contributed by atoms with Crippen molar-refractivity contribution in [3.63, 3.8) is 0 Å². The maximum atomic E-state index is 12.4. The summed E-state index contributed by atoms with van der Waals surface area (Å²) in [5.41, 5.74) is 1.12. The number of carbonyl (C=O) groups excluding carboxylic acids is 2. The summed E-state index contributed by atoms with van der Waals surface area (Å²) in [6.07, 6.45) is 5.49. The van der Waals surface area contributed by atoms with Gasteiger partial charge in [0.15, 0.2) is 5.79 Å². The first-order valence-corrected chi connectivity index (χ1v) is 8.77. The standard InChI is InChI=1S/C18H25N3O4/c1-20(9-4-15-2-7-19-8-3-15)16(22)14-17(23)21-10-5-18(6-11-21)24-12-13-25-18/h2-3,7-8H,4-6,9-14H2,1H3. The third kappa shape index (κ3) is 4.55. The second-order valence-electron chi connectivity index (χ2n) is 6.59. The first-order valence-electron chi connectivity index (χ1n) is 8.77. The molecule has 136 valence electrons. The van der Waals surface area contributed by atoms with Gasteiger partial charge in [0.1, 0.15) is 6.42 Å². The molecule has 25 heavy (non-hydrogen) atoms. The van der Waals surface area contributed by atoms with Crippen LogP contribution in [0.2, 0.25) is 0 Å². The summed E-state index contributed by atoms with van der Waals surface area (Å²) >= 11 is 0. The minimum absolute atomic E-state index is 0.0818. The van der Waals surface area contributed by atoms with Gasteiger partial charge in [0.25, 0.3) is 0 Å². The average molecular weight is 347 g/mol. The second-order valence-corrected chi connectivity index (χ2v) is 6.59. The Hall–Kier alpha value is -1.99. The van der Waals surface area contributed by atoms with Gasteiger partial charge in [0.2, 0.25) is 11.8 Å². The molecule has 0 aromatic carbocycles. The van der Waals surface area contributed by atoms with Crippen LogP contribution >= 0.6 is 0 Å². The Balaban J connectivity index is 1.42. The first-order chi connectivity index (χ1) is 12.1. The number of hydrogen-bond donors (Lipinski definition) is 0. The van der Waals surface area contributed by atoms with Gasteiger partial charge in [-0.3, -0.25) is 14.6 Å². The van der Waals surface area contributed by atoms with Crippen molar-refractivity contribution in [1.29, 1.82) is 0 Å². The van der Waals surface area contributed by atoms with Crippen molar-refractivity contribution in [2.24, 2.45) is 0 Å². The minimum atomic E-state index is -0.498. The predicted molar refractivity (Wildman–Crippen MR) is 90.6 cm³/mol. The van der Waals surface area contributed by atoms with Crippen molar-refractivity contribution in [2.45, 2.75) is 31.5 Å². The van der Waals surface area contributed by atoms with E-state index in [1.54, 1.807) is 29.2 Å². The fourth-order valence-corrected chi connectivity index (χ4v) is 3.23. The Labute approximate surface area is 147 Å². The molecule has 0 bridgehead atoms. The quantitative estimate of drug-likeness (QED) is 0.738. The van der Waals surface area contributed by atoms with E-state index in [-0.39, 0.29) is 18.2 Å². The zero-order chi connectivity index (χ0) is 17.7. The van der Waals surface area contributed by atoms with Gasteiger partial charge in [0.05, 0.1) is 13.2 Å². The van der Waals surface area contributed by atoms with Crippen molar-refractivity contribution in [3.8, 4) is 0 Å². The van der Waals surface area contributed by atoms with Crippen LogP contribution < -0.4 is 0 Å². The third-order valence-corrected chi connectivity index (χ3v) is 4.90. The van der Waals surface area contributed by atoms with Gasteiger partial charge in [-0.1, -0.05) is 0 Å². The summed E-state index contributed by atoms with van der Waals surface area (Å²) < 4.78 is 11.3. The number of hydrogen-bond acceptors (Lipinski definition) is 5. The molecule has 1 aromatic heterocycles. The Morgan fingerprint density at radius 1 is 1.20 bits per heavy atom. The number of amides is 2. The van der Waals surface area contributed by atoms with Gasteiger partial charge in [-0.05, 0) is 24.1 Å². The molecule has 0 N–H and O–H groups in total. The number of piperidine rings is 1. The Morgan fingerprint density at radius 2 is 1.84 bits per heavy atom. The Kier molecular flexibility index (Phi) is 5.65. The van der Waals surface area contributed by atoms with Crippen LogP contribution in [-0.2, 0) is 25.5 Å². The molecule has 2 amide bonds. The van der Waals surface area contributed by atoms with E-state index in [0.29, 0.717) is 45.7 Å². The van der Waals surface area contributed by atoms with Crippen LogP contribution in [0.5, 0.6) is 0 Å². The lowest BCUT2D eigenvalue weighted by Crippen LogP contribution is -2.48. The number of likely N-dealkylation sites (N-methyl/N-ethyl adjacent to an activating group) is 1. The largest absolute Gasteiger partial charge is 0.347 e. The molecule has 0 atom stereocenters. The van der Waals surface area contributed by atoms with Crippen LogP contribution in [0.1, 0.15) is 24.8 Å². The molecule has 0 aliphatic carbocycles. The van der Waals surface area contributed by atoms with E-state index in [4.69, 9.17) is 9.47 Å². The molecule has 2 aliphatic rings. The van der Waals surface area contributed by atoms with Crippen molar-refractivity contribution in [1.82, 2.24) is 14.8 Å². The minimum Gasteiger partial charge on any atom is -0.347 e. The summed E-state index contributed by atoms with van der Waals surface area (Å²) in [5.74, 6) is -0.761. The molecule has 1 spiro atoms. The van der Waals surface area contributed by atoms with Gasteiger partial charge < -0.3 is 19.3 Å². The average Bonchev–Trinajstić information content (AvgIpc) is 3.09. The molecule has 7 nitrogen and oxygen atoms in total. The summed E-state index contributed by atoms with van der Waals surface area (Å²) in [5, 5.41) is 0. The van der Waals surface area contributed by atoms with Gasteiger partial charge in [-0.15, -0.1) is 0 Å². The zero-order valence-corrected chi connectivity index (χ0v) is 14.6.